The lowest BCUT2D eigenvalue weighted by atomic mass is 9.86. The predicted octanol–water partition coefficient (Wildman–Crippen LogP) is 0.889. The minimum Gasteiger partial charge on any atom is -0.480 e. The van der Waals surface area contributed by atoms with Crippen LogP contribution in [-0.4, -0.2) is 55.3 Å². The Labute approximate surface area is 126 Å². The quantitative estimate of drug-likeness (QED) is 0.659. The molecule has 21 heavy (non-hydrogen) atoms. The van der Waals surface area contributed by atoms with Gasteiger partial charge in [0.2, 0.25) is 10.0 Å². The van der Waals surface area contributed by atoms with Gasteiger partial charge in [-0.3, -0.25) is 9.69 Å². The van der Waals surface area contributed by atoms with E-state index in [9.17, 15) is 13.2 Å². The number of aliphatic carboxylic acids is 1. The molecular weight excluding hydrogens is 292 g/mol. The first-order valence-electron chi connectivity index (χ1n) is 7.71. The first-order chi connectivity index (χ1) is 9.75. The van der Waals surface area contributed by atoms with E-state index < -0.39 is 16.0 Å². The molecule has 2 saturated carbocycles. The first-order valence-corrected chi connectivity index (χ1v) is 9.36. The topological polar surface area (TPSA) is 86.7 Å². The van der Waals surface area contributed by atoms with Crippen molar-refractivity contribution in [2.24, 2.45) is 11.8 Å². The predicted molar refractivity (Wildman–Crippen MR) is 80.5 cm³/mol. The highest BCUT2D eigenvalue weighted by Gasteiger charge is 2.38. The van der Waals surface area contributed by atoms with Gasteiger partial charge in [0.05, 0.1) is 12.3 Å². The van der Waals surface area contributed by atoms with Gasteiger partial charge in [-0.1, -0.05) is 13.8 Å². The van der Waals surface area contributed by atoms with E-state index in [0.29, 0.717) is 5.92 Å². The maximum Gasteiger partial charge on any atom is 0.317 e. The zero-order valence-corrected chi connectivity index (χ0v) is 13.6. The van der Waals surface area contributed by atoms with E-state index in [4.69, 9.17) is 5.11 Å². The van der Waals surface area contributed by atoms with E-state index in [2.05, 4.69) is 4.72 Å². The summed E-state index contributed by atoms with van der Waals surface area (Å²) in [6.07, 6.45) is 3.81. The molecule has 0 radical (unpaired) electrons. The van der Waals surface area contributed by atoms with Gasteiger partial charge in [-0.2, -0.15) is 0 Å². The van der Waals surface area contributed by atoms with Gasteiger partial charge in [0.1, 0.15) is 0 Å². The van der Waals surface area contributed by atoms with Crippen LogP contribution < -0.4 is 4.72 Å². The van der Waals surface area contributed by atoms with Crippen molar-refractivity contribution >= 4 is 16.0 Å². The van der Waals surface area contributed by atoms with Crippen LogP contribution in [0.2, 0.25) is 0 Å². The van der Waals surface area contributed by atoms with Crippen LogP contribution in [0.4, 0.5) is 0 Å². The number of nitrogens with one attached hydrogen (secondary N) is 1. The molecule has 2 N–H and O–H groups in total. The molecule has 2 aliphatic carbocycles. The fourth-order valence-corrected chi connectivity index (χ4v) is 4.55. The molecule has 2 aliphatic rings. The van der Waals surface area contributed by atoms with Gasteiger partial charge in [-0.15, -0.1) is 0 Å². The van der Waals surface area contributed by atoms with E-state index in [1.165, 1.54) is 12.8 Å². The molecule has 0 atom stereocenters. The standard InChI is InChI=1S/C14H26N2O4S/c1-10(2)9-21(19,20)15-12-5-13(6-12)16(8-14(17)18)7-11-3-4-11/h10-13,15H,3-9H2,1-2H3,(H,17,18). The van der Waals surface area contributed by atoms with Crippen LogP contribution >= 0.6 is 0 Å². The third kappa shape index (κ3) is 5.56. The van der Waals surface area contributed by atoms with Crippen molar-refractivity contribution in [3.05, 3.63) is 0 Å². The fourth-order valence-electron chi connectivity index (χ4n) is 2.87. The molecule has 0 aliphatic heterocycles. The highest BCUT2D eigenvalue weighted by Crippen LogP contribution is 2.33. The molecule has 0 saturated heterocycles. The molecule has 0 aromatic carbocycles. The van der Waals surface area contributed by atoms with E-state index >= 15 is 0 Å². The van der Waals surface area contributed by atoms with Crippen LogP contribution in [0, 0.1) is 11.8 Å². The number of hydrogen-bond acceptors (Lipinski definition) is 4. The van der Waals surface area contributed by atoms with Gasteiger partial charge >= 0.3 is 5.97 Å². The van der Waals surface area contributed by atoms with Crippen LogP contribution in [-0.2, 0) is 14.8 Å². The molecular formula is C14H26N2O4S. The molecule has 2 fully saturated rings. The summed E-state index contributed by atoms with van der Waals surface area (Å²) in [4.78, 5) is 12.9. The van der Waals surface area contributed by atoms with Gasteiger partial charge in [0.25, 0.3) is 0 Å². The zero-order valence-electron chi connectivity index (χ0n) is 12.8. The Balaban J connectivity index is 1.79. The minimum absolute atomic E-state index is 0.0331. The largest absolute Gasteiger partial charge is 0.480 e. The number of hydrogen-bond donors (Lipinski definition) is 2. The summed E-state index contributed by atoms with van der Waals surface area (Å²) >= 11 is 0. The number of carboxylic acid groups (broad SMARTS) is 1. The normalized spacial score (nSPS) is 26.1. The number of sulfonamides is 1. The molecule has 0 unspecified atom stereocenters. The Hall–Kier alpha value is -0.660. The Morgan fingerprint density at radius 3 is 2.43 bits per heavy atom. The van der Waals surface area contributed by atoms with Crippen molar-refractivity contribution in [3.8, 4) is 0 Å². The average Bonchev–Trinajstić information content (AvgIpc) is 3.03. The lowest BCUT2D eigenvalue weighted by molar-refractivity contribution is -0.139. The van der Waals surface area contributed by atoms with E-state index in [1.54, 1.807) is 0 Å². The SMILES string of the molecule is CC(C)CS(=O)(=O)NC1CC(N(CC(=O)O)CC2CC2)C1. The van der Waals surface area contributed by atoms with Crippen molar-refractivity contribution in [2.75, 3.05) is 18.8 Å². The Kier molecular flexibility index (Phi) is 5.27. The summed E-state index contributed by atoms with van der Waals surface area (Å²) in [5.74, 6) is 0.0898. The number of carboxylic acids is 1. The fraction of sp³-hybridized carbons (Fsp3) is 0.929. The van der Waals surface area contributed by atoms with Crippen LogP contribution in [0.25, 0.3) is 0 Å². The molecule has 0 heterocycles. The second-order valence-corrected chi connectivity index (χ2v) is 8.68. The summed E-state index contributed by atoms with van der Waals surface area (Å²) in [5.41, 5.74) is 0. The summed E-state index contributed by atoms with van der Waals surface area (Å²) in [6, 6.07) is 0.169. The Morgan fingerprint density at radius 2 is 1.95 bits per heavy atom. The molecule has 0 aromatic heterocycles. The van der Waals surface area contributed by atoms with E-state index in [0.717, 1.165) is 19.4 Å². The number of carbonyl (C=O) groups is 1. The number of nitrogens with zero attached hydrogens (tertiary/aromatic N) is 1. The zero-order chi connectivity index (χ0) is 15.6. The highest BCUT2D eigenvalue weighted by atomic mass is 32.2. The third-order valence-electron chi connectivity index (χ3n) is 4.06. The van der Waals surface area contributed by atoms with Crippen LogP contribution in [0.3, 0.4) is 0 Å². The van der Waals surface area contributed by atoms with Gasteiger partial charge in [0, 0.05) is 18.6 Å². The molecule has 122 valence electrons. The monoisotopic (exact) mass is 318 g/mol. The highest BCUT2D eigenvalue weighted by molar-refractivity contribution is 7.89. The third-order valence-corrected chi connectivity index (χ3v) is 5.85. The second kappa shape index (κ2) is 6.62. The smallest absolute Gasteiger partial charge is 0.317 e. The molecule has 0 amide bonds. The summed E-state index contributed by atoms with van der Waals surface area (Å²) in [7, 11) is -3.21. The maximum absolute atomic E-state index is 11.9. The second-order valence-electron chi connectivity index (χ2n) is 6.88. The minimum atomic E-state index is -3.21. The molecule has 6 nitrogen and oxygen atoms in total. The van der Waals surface area contributed by atoms with Gasteiger partial charge in [-0.05, 0) is 37.5 Å². The van der Waals surface area contributed by atoms with Crippen LogP contribution in [0.15, 0.2) is 0 Å². The summed E-state index contributed by atoms with van der Waals surface area (Å²) in [5, 5.41) is 8.98. The van der Waals surface area contributed by atoms with Crippen LogP contribution in [0.5, 0.6) is 0 Å². The molecule has 2 rings (SSSR count). The van der Waals surface area contributed by atoms with E-state index in [1.807, 2.05) is 18.7 Å². The molecule has 0 aromatic rings. The lowest BCUT2D eigenvalue weighted by Gasteiger charge is -2.42. The lowest BCUT2D eigenvalue weighted by Crippen LogP contribution is -2.55. The maximum atomic E-state index is 11.9. The molecule has 7 heteroatoms. The van der Waals surface area contributed by atoms with Gasteiger partial charge in [0.15, 0.2) is 0 Å². The Bertz CT molecular complexity index is 467. The molecule has 0 spiro atoms. The average molecular weight is 318 g/mol. The Morgan fingerprint density at radius 1 is 1.33 bits per heavy atom. The van der Waals surface area contributed by atoms with Crippen molar-refractivity contribution in [1.82, 2.24) is 9.62 Å². The van der Waals surface area contributed by atoms with Crippen molar-refractivity contribution in [2.45, 2.75) is 51.6 Å². The van der Waals surface area contributed by atoms with Crippen molar-refractivity contribution in [3.63, 3.8) is 0 Å². The van der Waals surface area contributed by atoms with Crippen LogP contribution in [0.1, 0.15) is 39.5 Å². The van der Waals surface area contributed by atoms with Crippen molar-refractivity contribution < 1.29 is 18.3 Å². The molecule has 0 bridgehead atoms. The van der Waals surface area contributed by atoms with E-state index in [-0.39, 0.29) is 30.3 Å². The van der Waals surface area contributed by atoms with Crippen molar-refractivity contribution in [1.29, 1.82) is 0 Å². The summed E-state index contributed by atoms with van der Waals surface area (Å²) in [6.45, 7) is 4.66. The number of rotatable bonds is 9. The summed E-state index contributed by atoms with van der Waals surface area (Å²) < 4.78 is 26.5. The van der Waals surface area contributed by atoms with Gasteiger partial charge < -0.3 is 5.11 Å². The first kappa shape index (κ1) is 16.7. The van der Waals surface area contributed by atoms with Gasteiger partial charge in [-0.25, -0.2) is 13.1 Å².